The number of nitrogens with zero attached hydrogens (tertiary/aromatic N) is 4. The predicted molar refractivity (Wildman–Crippen MR) is 148 cm³/mol. The molecule has 7 heteroatoms. The molecule has 188 valence electrons. The van der Waals surface area contributed by atoms with Gasteiger partial charge in [-0.05, 0) is 47.9 Å². The summed E-state index contributed by atoms with van der Waals surface area (Å²) in [5.41, 5.74) is 12.9. The van der Waals surface area contributed by atoms with Gasteiger partial charge in [0.15, 0.2) is 5.78 Å². The number of benzene rings is 3. The minimum Gasteiger partial charge on any atom is -0.345 e. The van der Waals surface area contributed by atoms with Crippen molar-refractivity contribution < 1.29 is 9.18 Å². The second-order valence-electron chi connectivity index (χ2n) is 9.40. The van der Waals surface area contributed by atoms with Gasteiger partial charge in [-0.2, -0.15) is 0 Å². The molecule has 0 spiro atoms. The van der Waals surface area contributed by atoms with E-state index in [1.807, 2.05) is 66.2 Å². The van der Waals surface area contributed by atoms with Crippen molar-refractivity contribution in [2.24, 2.45) is 5.73 Å². The molecule has 0 aliphatic rings. The number of carbonyl (C=O) groups excluding carboxylic acids is 1. The summed E-state index contributed by atoms with van der Waals surface area (Å²) in [5.74, 6) is 0.606. The summed E-state index contributed by atoms with van der Waals surface area (Å²) in [4.78, 5) is 22.4. The Morgan fingerprint density at radius 3 is 2.47 bits per heavy atom. The monoisotopic (exact) mass is 503 g/mol. The van der Waals surface area contributed by atoms with Crippen molar-refractivity contribution in [3.05, 3.63) is 120 Å². The van der Waals surface area contributed by atoms with Crippen LogP contribution in [0.2, 0.25) is 0 Å². The van der Waals surface area contributed by atoms with Gasteiger partial charge < -0.3 is 14.9 Å². The number of ketones is 1. The van der Waals surface area contributed by atoms with E-state index in [2.05, 4.69) is 14.5 Å². The Morgan fingerprint density at radius 2 is 1.71 bits per heavy atom. The highest BCUT2D eigenvalue weighted by molar-refractivity contribution is 6.16. The van der Waals surface area contributed by atoms with E-state index in [0.717, 1.165) is 44.5 Å². The quantitative estimate of drug-likeness (QED) is 0.282. The van der Waals surface area contributed by atoms with E-state index < -0.39 is 0 Å². The van der Waals surface area contributed by atoms with Crippen LogP contribution in [0.3, 0.4) is 0 Å². The number of rotatable bonds is 7. The molecule has 3 aromatic heterocycles. The fraction of sp³-hybridized carbons (Fsp3) is 0.129. The van der Waals surface area contributed by atoms with Gasteiger partial charge in [-0.1, -0.05) is 48.5 Å². The Morgan fingerprint density at radius 1 is 0.947 bits per heavy atom. The fourth-order valence-corrected chi connectivity index (χ4v) is 5.02. The number of hydrogen-bond acceptors (Lipinski definition) is 4. The standard InChI is InChI=1S/C31H26FN5O/c1-20-35-28-17-34-14-12-29(28)37(20)18-21-2-4-23(5-3-21)31(38)27-19-36(15-13-33)30-16-24(8-11-26(27)30)22-6-9-25(32)10-7-22/h2-12,14,16-17,19H,13,15,18,33H2,1H3. The molecule has 38 heavy (non-hydrogen) atoms. The highest BCUT2D eigenvalue weighted by atomic mass is 19.1. The lowest BCUT2D eigenvalue weighted by molar-refractivity contribution is 0.104. The van der Waals surface area contributed by atoms with Crippen LogP contribution in [0.15, 0.2) is 91.4 Å². The van der Waals surface area contributed by atoms with Crippen molar-refractivity contribution in [1.29, 1.82) is 0 Å². The number of pyridine rings is 1. The molecule has 3 aromatic carbocycles. The van der Waals surface area contributed by atoms with Gasteiger partial charge >= 0.3 is 0 Å². The maximum Gasteiger partial charge on any atom is 0.195 e. The van der Waals surface area contributed by atoms with Crippen molar-refractivity contribution in [3.8, 4) is 11.1 Å². The molecule has 0 unspecified atom stereocenters. The average Bonchev–Trinajstić information content (AvgIpc) is 3.46. The Balaban J connectivity index is 1.31. The highest BCUT2D eigenvalue weighted by Crippen LogP contribution is 2.30. The zero-order valence-electron chi connectivity index (χ0n) is 20.9. The van der Waals surface area contributed by atoms with Crippen LogP contribution in [0.25, 0.3) is 33.1 Å². The summed E-state index contributed by atoms with van der Waals surface area (Å²) in [7, 11) is 0. The minimum atomic E-state index is -0.272. The third-order valence-electron chi connectivity index (χ3n) is 6.97. The van der Waals surface area contributed by atoms with Crippen LogP contribution >= 0.6 is 0 Å². The summed E-state index contributed by atoms with van der Waals surface area (Å²) in [6.07, 6.45) is 5.42. The van der Waals surface area contributed by atoms with E-state index in [1.54, 1.807) is 24.5 Å². The van der Waals surface area contributed by atoms with Crippen LogP contribution < -0.4 is 5.73 Å². The van der Waals surface area contributed by atoms with E-state index in [4.69, 9.17) is 5.73 Å². The van der Waals surface area contributed by atoms with Gasteiger partial charge in [0, 0.05) is 54.1 Å². The smallest absolute Gasteiger partial charge is 0.195 e. The Labute approximate surface area is 219 Å². The maximum atomic E-state index is 13.6. The van der Waals surface area contributed by atoms with Gasteiger partial charge in [0.25, 0.3) is 0 Å². The summed E-state index contributed by atoms with van der Waals surface area (Å²) in [6, 6.07) is 22.1. The fourth-order valence-electron chi connectivity index (χ4n) is 5.02. The van der Waals surface area contributed by atoms with Crippen molar-refractivity contribution in [3.63, 3.8) is 0 Å². The van der Waals surface area contributed by atoms with Crippen molar-refractivity contribution in [2.45, 2.75) is 20.0 Å². The molecule has 0 saturated carbocycles. The number of hydrogen-bond donors (Lipinski definition) is 1. The first-order chi connectivity index (χ1) is 18.5. The van der Waals surface area contributed by atoms with Crippen LogP contribution in [0.5, 0.6) is 0 Å². The molecular formula is C31H26FN5O. The number of aryl methyl sites for hydroxylation is 1. The molecule has 6 nitrogen and oxygen atoms in total. The van der Waals surface area contributed by atoms with Crippen LogP contribution in [0.1, 0.15) is 27.3 Å². The van der Waals surface area contributed by atoms with E-state index in [9.17, 15) is 9.18 Å². The maximum absolute atomic E-state index is 13.6. The molecular weight excluding hydrogens is 477 g/mol. The van der Waals surface area contributed by atoms with E-state index in [1.165, 1.54) is 12.1 Å². The Hall–Kier alpha value is -4.62. The number of aromatic nitrogens is 4. The molecule has 6 aromatic rings. The van der Waals surface area contributed by atoms with Crippen LogP contribution in [-0.4, -0.2) is 31.4 Å². The molecule has 0 aliphatic carbocycles. The molecule has 0 atom stereocenters. The normalized spacial score (nSPS) is 11.4. The van der Waals surface area contributed by atoms with Gasteiger partial charge in [-0.3, -0.25) is 9.78 Å². The molecule has 0 radical (unpaired) electrons. The van der Waals surface area contributed by atoms with Crippen LogP contribution in [-0.2, 0) is 13.1 Å². The predicted octanol–water partition coefficient (Wildman–Crippen LogP) is 5.74. The lowest BCUT2D eigenvalue weighted by atomic mass is 9.99. The SMILES string of the molecule is Cc1nc2cnccc2n1Cc1ccc(C(=O)c2cn(CCN)c3cc(-c4ccc(F)cc4)ccc23)cc1. The molecule has 0 saturated heterocycles. The van der Waals surface area contributed by atoms with Crippen LogP contribution in [0, 0.1) is 12.7 Å². The molecule has 0 bridgehead atoms. The summed E-state index contributed by atoms with van der Waals surface area (Å²) in [5, 5.41) is 0.868. The zero-order valence-corrected chi connectivity index (χ0v) is 20.9. The van der Waals surface area contributed by atoms with Gasteiger partial charge in [0.05, 0.1) is 11.7 Å². The lowest BCUT2D eigenvalue weighted by Crippen LogP contribution is -2.09. The van der Waals surface area contributed by atoms with Crippen molar-refractivity contribution >= 4 is 27.7 Å². The van der Waals surface area contributed by atoms with Gasteiger partial charge in [-0.15, -0.1) is 0 Å². The number of fused-ring (bicyclic) bond motifs is 2. The third-order valence-corrected chi connectivity index (χ3v) is 6.97. The Kier molecular flexibility index (Phi) is 6.05. The van der Waals surface area contributed by atoms with Gasteiger partial charge in [0.2, 0.25) is 0 Å². The highest BCUT2D eigenvalue weighted by Gasteiger charge is 2.18. The summed E-state index contributed by atoms with van der Waals surface area (Å²) in [6.45, 7) is 3.67. The van der Waals surface area contributed by atoms with E-state index in [-0.39, 0.29) is 11.6 Å². The summed E-state index contributed by atoms with van der Waals surface area (Å²) < 4.78 is 17.6. The van der Waals surface area contributed by atoms with Gasteiger partial charge in [-0.25, -0.2) is 9.37 Å². The van der Waals surface area contributed by atoms with E-state index in [0.29, 0.717) is 30.8 Å². The number of carbonyl (C=O) groups is 1. The first-order valence-corrected chi connectivity index (χ1v) is 12.5. The third kappa shape index (κ3) is 4.27. The topological polar surface area (TPSA) is 78.7 Å². The molecule has 0 aliphatic heterocycles. The number of halogens is 1. The van der Waals surface area contributed by atoms with Crippen molar-refractivity contribution in [1.82, 2.24) is 19.1 Å². The largest absolute Gasteiger partial charge is 0.345 e. The molecule has 3 heterocycles. The second-order valence-corrected chi connectivity index (χ2v) is 9.40. The average molecular weight is 504 g/mol. The first-order valence-electron chi connectivity index (χ1n) is 12.5. The second kappa shape index (κ2) is 9.68. The molecule has 0 fully saturated rings. The van der Waals surface area contributed by atoms with Gasteiger partial charge in [0.1, 0.15) is 17.2 Å². The number of imidazole rings is 1. The summed E-state index contributed by atoms with van der Waals surface area (Å²) >= 11 is 0. The van der Waals surface area contributed by atoms with E-state index >= 15 is 0 Å². The number of nitrogens with two attached hydrogens (primary N) is 1. The Bertz CT molecular complexity index is 1780. The molecule has 6 rings (SSSR count). The molecule has 0 amide bonds. The minimum absolute atomic E-state index is 0.0396. The lowest BCUT2D eigenvalue weighted by Gasteiger charge is -2.08. The van der Waals surface area contributed by atoms with Crippen molar-refractivity contribution in [2.75, 3.05) is 6.54 Å². The molecule has 2 N–H and O–H groups in total. The zero-order chi connectivity index (χ0) is 26.2. The van der Waals surface area contributed by atoms with Crippen LogP contribution in [0.4, 0.5) is 4.39 Å². The first kappa shape index (κ1) is 23.8.